The van der Waals surface area contributed by atoms with Gasteiger partial charge in [-0.1, -0.05) is 0 Å². The number of carboxylic acid groups (broad SMARTS) is 1. The summed E-state index contributed by atoms with van der Waals surface area (Å²) >= 11 is 0. The maximum atomic E-state index is 11.8. The van der Waals surface area contributed by atoms with Crippen LogP contribution in [0.25, 0.3) is 0 Å². The van der Waals surface area contributed by atoms with E-state index in [2.05, 4.69) is 16.0 Å². The fraction of sp³-hybridized carbons (Fsp3) is 0.727. The van der Waals surface area contributed by atoms with Crippen LogP contribution in [0.5, 0.6) is 0 Å². The Morgan fingerprint density at radius 2 is 2.11 bits per heavy atom. The SMILES string of the molecule is CNCC(C)(C=O)NC(=O)C(N)CCCNC(=O)O. The van der Waals surface area contributed by atoms with Gasteiger partial charge in [0.2, 0.25) is 5.91 Å². The van der Waals surface area contributed by atoms with Gasteiger partial charge < -0.3 is 31.6 Å². The molecule has 0 aliphatic carbocycles. The fourth-order valence-corrected chi connectivity index (χ4v) is 1.51. The zero-order valence-corrected chi connectivity index (χ0v) is 11.2. The highest BCUT2D eigenvalue weighted by atomic mass is 16.4. The number of hydrogen-bond acceptors (Lipinski definition) is 5. The molecule has 0 rings (SSSR count). The molecule has 0 bridgehead atoms. The van der Waals surface area contributed by atoms with E-state index in [9.17, 15) is 14.4 Å². The molecule has 8 heteroatoms. The third-order valence-corrected chi connectivity index (χ3v) is 2.52. The van der Waals surface area contributed by atoms with Gasteiger partial charge in [0.1, 0.15) is 11.8 Å². The van der Waals surface area contributed by atoms with Gasteiger partial charge in [0.25, 0.3) is 0 Å². The van der Waals surface area contributed by atoms with E-state index in [1.54, 1.807) is 14.0 Å². The molecule has 0 spiro atoms. The number of aldehydes is 1. The van der Waals surface area contributed by atoms with Gasteiger partial charge in [-0.3, -0.25) is 4.79 Å². The van der Waals surface area contributed by atoms with Crippen molar-refractivity contribution in [3.63, 3.8) is 0 Å². The van der Waals surface area contributed by atoms with Crippen molar-refractivity contribution in [1.29, 1.82) is 0 Å². The molecule has 0 aromatic rings. The van der Waals surface area contributed by atoms with E-state index in [4.69, 9.17) is 10.8 Å². The van der Waals surface area contributed by atoms with Crippen LogP contribution < -0.4 is 21.7 Å². The second kappa shape index (κ2) is 8.44. The van der Waals surface area contributed by atoms with Crippen LogP contribution in [0, 0.1) is 0 Å². The zero-order valence-electron chi connectivity index (χ0n) is 11.2. The van der Waals surface area contributed by atoms with Crippen LogP contribution in [0.15, 0.2) is 0 Å². The van der Waals surface area contributed by atoms with Gasteiger partial charge in [-0.05, 0) is 26.8 Å². The molecule has 0 radical (unpaired) electrons. The molecule has 6 N–H and O–H groups in total. The minimum absolute atomic E-state index is 0.234. The Balaban J connectivity index is 4.11. The average Bonchev–Trinajstić information content (AvgIpc) is 2.34. The summed E-state index contributed by atoms with van der Waals surface area (Å²) in [6.07, 6.45) is 0.325. The minimum Gasteiger partial charge on any atom is -0.465 e. The summed E-state index contributed by atoms with van der Waals surface area (Å²) in [5.41, 5.74) is 4.67. The molecule has 8 nitrogen and oxygen atoms in total. The van der Waals surface area contributed by atoms with Crippen molar-refractivity contribution in [3.05, 3.63) is 0 Å². The number of likely N-dealkylation sites (N-methyl/N-ethyl adjacent to an activating group) is 1. The molecule has 0 heterocycles. The normalized spacial score (nSPS) is 15.1. The molecule has 0 fully saturated rings. The van der Waals surface area contributed by atoms with E-state index in [1.165, 1.54) is 0 Å². The minimum atomic E-state index is -1.11. The molecule has 0 saturated carbocycles. The standard InChI is InChI=1S/C11H22N4O4/c1-11(7-16,6-13-2)15-9(17)8(12)4-3-5-14-10(18)19/h7-8,13-14H,3-6,12H2,1-2H3,(H,15,17)(H,18,19). The maximum Gasteiger partial charge on any atom is 0.404 e. The maximum absolute atomic E-state index is 11.8. The third-order valence-electron chi connectivity index (χ3n) is 2.52. The van der Waals surface area contributed by atoms with Crippen molar-refractivity contribution in [2.75, 3.05) is 20.1 Å². The van der Waals surface area contributed by atoms with Crippen LogP contribution in [0.4, 0.5) is 4.79 Å². The Morgan fingerprint density at radius 1 is 1.47 bits per heavy atom. The highest BCUT2D eigenvalue weighted by Gasteiger charge is 2.27. The van der Waals surface area contributed by atoms with Crippen LogP contribution >= 0.6 is 0 Å². The summed E-state index contributed by atoms with van der Waals surface area (Å²) in [4.78, 5) is 32.9. The Labute approximate surface area is 112 Å². The highest BCUT2D eigenvalue weighted by Crippen LogP contribution is 2.01. The topological polar surface area (TPSA) is 134 Å². The van der Waals surface area contributed by atoms with Crippen molar-refractivity contribution in [2.45, 2.75) is 31.3 Å². The molecule has 2 amide bonds. The predicted molar refractivity (Wildman–Crippen MR) is 69.8 cm³/mol. The molecule has 0 aliphatic heterocycles. The van der Waals surface area contributed by atoms with Crippen molar-refractivity contribution in [3.8, 4) is 0 Å². The first-order valence-electron chi connectivity index (χ1n) is 6.00. The van der Waals surface area contributed by atoms with Crippen LogP contribution in [-0.2, 0) is 9.59 Å². The molecular weight excluding hydrogens is 252 g/mol. The van der Waals surface area contributed by atoms with Crippen LogP contribution in [-0.4, -0.2) is 55.1 Å². The van der Waals surface area contributed by atoms with Crippen LogP contribution in [0.2, 0.25) is 0 Å². The van der Waals surface area contributed by atoms with Crippen molar-refractivity contribution < 1.29 is 19.5 Å². The summed E-state index contributed by atoms with van der Waals surface area (Å²) in [5.74, 6) is -0.430. The molecule has 110 valence electrons. The lowest BCUT2D eigenvalue weighted by Gasteiger charge is -2.26. The average molecular weight is 274 g/mol. The van der Waals surface area contributed by atoms with Gasteiger partial charge in [0.15, 0.2) is 0 Å². The first-order valence-corrected chi connectivity index (χ1v) is 6.00. The lowest BCUT2D eigenvalue weighted by atomic mass is 10.0. The number of carbonyl (C=O) groups excluding carboxylic acids is 2. The molecule has 0 aromatic heterocycles. The van der Waals surface area contributed by atoms with Crippen molar-refractivity contribution >= 4 is 18.3 Å². The van der Waals surface area contributed by atoms with Gasteiger partial charge in [-0.2, -0.15) is 0 Å². The second-order valence-electron chi connectivity index (χ2n) is 4.54. The van der Waals surface area contributed by atoms with E-state index >= 15 is 0 Å². The molecule has 2 unspecified atom stereocenters. The van der Waals surface area contributed by atoms with E-state index < -0.39 is 23.6 Å². The van der Waals surface area contributed by atoms with Crippen molar-refractivity contribution in [2.24, 2.45) is 5.73 Å². The van der Waals surface area contributed by atoms with E-state index in [0.717, 1.165) is 0 Å². The summed E-state index contributed by atoms with van der Waals surface area (Å²) in [7, 11) is 1.67. The van der Waals surface area contributed by atoms with Gasteiger partial charge in [-0.25, -0.2) is 4.79 Å². The number of nitrogens with one attached hydrogen (secondary N) is 3. The summed E-state index contributed by atoms with van der Waals surface area (Å²) in [5, 5.41) is 15.9. The molecule has 0 aliphatic rings. The first kappa shape index (κ1) is 17.3. The molecule has 2 atom stereocenters. The Morgan fingerprint density at radius 3 is 2.58 bits per heavy atom. The highest BCUT2D eigenvalue weighted by molar-refractivity contribution is 5.85. The Bertz CT molecular complexity index is 324. The third kappa shape index (κ3) is 7.37. The number of carbonyl (C=O) groups is 3. The summed E-state index contributed by atoms with van der Waals surface area (Å²) < 4.78 is 0. The summed E-state index contributed by atoms with van der Waals surface area (Å²) in [6, 6.07) is -0.772. The first-order chi connectivity index (χ1) is 8.84. The Hall–Kier alpha value is -1.67. The number of nitrogens with two attached hydrogens (primary N) is 1. The predicted octanol–water partition coefficient (Wildman–Crippen LogP) is -1.35. The zero-order chi connectivity index (χ0) is 14.9. The van der Waals surface area contributed by atoms with Crippen molar-refractivity contribution in [1.82, 2.24) is 16.0 Å². The van der Waals surface area contributed by atoms with E-state index in [1.807, 2.05) is 0 Å². The van der Waals surface area contributed by atoms with E-state index in [0.29, 0.717) is 25.7 Å². The van der Waals surface area contributed by atoms with Crippen LogP contribution in [0.3, 0.4) is 0 Å². The molecule has 0 aromatic carbocycles. The van der Waals surface area contributed by atoms with Gasteiger partial charge in [0, 0.05) is 13.1 Å². The quantitative estimate of drug-likeness (QED) is 0.261. The lowest BCUT2D eigenvalue weighted by Crippen LogP contribution is -2.57. The number of amides is 2. The number of rotatable bonds is 9. The van der Waals surface area contributed by atoms with E-state index in [-0.39, 0.29) is 6.54 Å². The molecule has 19 heavy (non-hydrogen) atoms. The largest absolute Gasteiger partial charge is 0.465 e. The fourth-order valence-electron chi connectivity index (χ4n) is 1.51. The van der Waals surface area contributed by atoms with Gasteiger partial charge in [0.05, 0.1) is 6.04 Å². The monoisotopic (exact) mass is 274 g/mol. The second-order valence-corrected chi connectivity index (χ2v) is 4.54. The van der Waals surface area contributed by atoms with Gasteiger partial charge in [-0.15, -0.1) is 0 Å². The Kier molecular flexibility index (Phi) is 7.69. The lowest BCUT2D eigenvalue weighted by molar-refractivity contribution is -0.127. The molecular formula is C11H22N4O4. The molecule has 0 saturated heterocycles. The van der Waals surface area contributed by atoms with Gasteiger partial charge >= 0.3 is 6.09 Å². The van der Waals surface area contributed by atoms with Crippen LogP contribution in [0.1, 0.15) is 19.8 Å². The summed E-state index contributed by atoms with van der Waals surface area (Å²) in [6.45, 7) is 2.13. The smallest absolute Gasteiger partial charge is 0.404 e. The number of hydrogen-bond donors (Lipinski definition) is 5.